The van der Waals surface area contributed by atoms with E-state index >= 15 is 0 Å². The molecule has 1 radical (unpaired) electrons. The smallest absolute Gasteiger partial charge is 0.0894 e. The molecule has 0 bridgehead atoms. The summed E-state index contributed by atoms with van der Waals surface area (Å²) >= 11 is 0. The molecule has 0 saturated carbocycles. The predicted octanol–water partition coefficient (Wildman–Crippen LogP) is 11.7. The molecule has 45 heavy (non-hydrogen) atoms. The van der Waals surface area contributed by atoms with Crippen molar-refractivity contribution >= 4 is 40.4 Å². The van der Waals surface area contributed by atoms with Crippen molar-refractivity contribution in [1.29, 1.82) is 0 Å². The Morgan fingerprint density at radius 3 is 1.53 bits per heavy atom. The molecule has 0 spiro atoms. The van der Waals surface area contributed by atoms with E-state index in [4.69, 9.17) is 0 Å². The van der Waals surface area contributed by atoms with E-state index in [0.29, 0.717) is 5.56 Å². The Morgan fingerprint density at radius 2 is 1.00 bits per heavy atom. The van der Waals surface area contributed by atoms with E-state index in [1.54, 1.807) is 12.3 Å². The Labute approximate surface area is 266 Å². The molecule has 7 aromatic rings. The van der Waals surface area contributed by atoms with Gasteiger partial charge in [0, 0.05) is 42.9 Å². The van der Waals surface area contributed by atoms with Crippen molar-refractivity contribution < 1.29 is 49.7 Å². The van der Waals surface area contributed by atoms with Gasteiger partial charge in [0.2, 0.25) is 0 Å². The summed E-state index contributed by atoms with van der Waals surface area (Å²) in [5.74, 6) is -0.364. The Morgan fingerprint density at radius 1 is 0.511 bits per heavy atom. The monoisotopic (exact) mass is 816 g/mol. The van der Waals surface area contributed by atoms with Crippen molar-refractivity contribution in [1.82, 2.24) is 15.0 Å². The maximum atomic E-state index is 13.2. The van der Waals surface area contributed by atoms with E-state index in [2.05, 4.69) is 45.3 Å². The Balaban J connectivity index is 0.000000169. The van der Waals surface area contributed by atoms with Gasteiger partial charge in [0.1, 0.15) is 0 Å². The number of benzene rings is 4. The van der Waals surface area contributed by atoms with Gasteiger partial charge < -0.3 is 4.98 Å². The first-order valence-corrected chi connectivity index (χ1v) is 15.0. The van der Waals surface area contributed by atoms with Crippen LogP contribution >= 0.6 is 7.81 Å². The fourth-order valence-corrected chi connectivity index (χ4v) is 4.33. The van der Waals surface area contributed by atoms with Crippen LogP contribution in [0.15, 0.2) is 128 Å². The SMILES string of the molecule is F[P-](F)(F)(F)(F)F.Fc1[c-]c(-c2nccc3ccccc23)ccc1.[Ir].c1ccc2nc(-c3ccc4ccccc4n3)ccc2c1. The minimum Gasteiger partial charge on any atom is -0.304 e. The summed E-state index contributed by atoms with van der Waals surface area (Å²) in [6, 6.07) is 41.9. The summed E-state index contributed by atoms with van der Waals surface area (Å²) < 4.78 is 72.4. The van der Waals surface area contributed by atoms with Crippen molar-refractivity contribution in [2.45, 2.75) is 0 Å². The minimum absolute atomic E-state index is 0. The van der Waals surface area contributed by atoms with Crippen LogP contribution in [0.3, 0.4) is 0 Å². The molecule has 0 fully saturated rings. The van der Waals surface area contributed by atoms with Crippen LogP contribution in [0.1, 0.15) is 0 Å². The van der Waals surface area contributed by atoms with E-state index < -0.39 is 7.81 Å². The second-order valence-corrected chi connectivity index (χ2v) is 11.4. The van der Waals surface area contributed by atoms with E-state index in [1.165, 1.54) is 6.07 Å². The number of nitrogens with zero attached hydrogens (tertiary/aromatic N) is 3. The van der Waals surface area contributed by atoms with Crippen molar-refractivity contribution in [2.24, 2.45) is 0 Å². The second kappa shape index (κ2) is 12.6. The molecule has 0 atom stereocenters. The first kappa shape index (κ1) is 33.6. The fraction of sp³-hybridized carbons (Fsp3) is 0. The van der Waals surface area contributed by atoms with Crippen LogP contribution in [0.25, 0.3) is 55.2 Å². The molecule has 233 valence electrons. The average molecular weight is 816 g/mol. The average Bonchev–Trinajstić information content (AvgIpc) is 2.99. The molecule has 3 heterocycles. The zero-order valence-electron chi connectivity index (χ0n) is 22.9. The number of hydrogen-bond donors (Lipinski definition) is 0. The van der Waals surface area contributed by atoms with Crippen LogP contribution < -0.4 is 0 Å². The van der Waals surface area contributed by atoms with Crippen LogP contribution in [-0.4, -0.2) is 15.0 Å². The van der Waals surface area contributed by atoms with Gasteiger partial charge >= 0.3 is 33.0 Å². The van der Waals surface area contributed by atoms with Gasteiger partial charge in [-0.1, -0.05) is 72.8 Å². The van der Waals surface area contributed by atoms with Crippen LogP contribution in [0.5, 0.6) is 0 Å². The normalized spacial score (nSPS) is 12.5. The van der Waals surface area contributed by atoms with Gasteiger partial charge in [0.05, 0.1) is 22.4 Å². The number of aromatic nitrogens is 3. The van der Waals surface area contributed by atoms with Gasteiger partial charge in [-0.3, -0.25) is 0 Å². The summed E-state index contributed by atoms with van der Waals surface area (Å²) in [6.45, 7) is 0. The molecule has 0 aliphatic heterocycles. The minimum atomic E-state index is -10.7. The third kappa shape index (κ3) is 10.1. The molecule has 0 N–H and O–H groups in total. The maximum Gasteiger partial charge on any atom is 0.0894 e. The molecule has 0 saturated heterocycles. The number of halogens is 7. The number of para-hydroxylation sites is 2. The molecule has 12 heteroatoms. The first-order chi connectivity index (χ1) is 20.7. The van der Waals surface area contributed by atoms with Gasteiger partial charge in [-0.15, -0.1) is 29.8 Å². The van der Waals surface area contributed by atoms with Gasteiger partial charge in [0.25, 0.3) is 0 Å². The number of rotatable bonds is 2. The molecule has 7 rings (SSSR count). The molecule has 3 aromatic heterocycles. The summed E-state index contributed by atoms with van der Waals surface area (Å²) in [4.78, 5) is 13.7. The fourth-order valence-electron chi connectivity index (χ4n) is 4.33. The van der Waals surface area contributed by atoms with Crippen LogP contribution in [0.4, 0.5) is 29.6 Å². The molecule has 0 unspecified atom stereocenters. The Hall–Kier alpha value is -4.30. The van der Waals surface area contributed by atoms with Crippen molar-refractivity contribution in [3.05, 3.63) is 139 Å². The molecule has 3 nitrogen and oxygen atoms in total. The summed E-state index contributed by atoms with van der Waals surface area (Å²) in [5, 5.41) is 4.40. The quantitative estimate of drug-likeness (QED) is 0.0991. The number of pyridine rings is 3. The zero-order chi connectivity index (χ0) is 31.4. The van der Waals surface area contributed by atoms with E-state index in [9.17, 15) is 29.6 Å². The third-order valence-electron chi connectivity index (χ3n) is 6.15. The van der Waals surface area contributed by atoms with E-state index in [0.717, 1.165) is 49.7 Å². The van der Waals surface area contributed by atoms with Gasteiger partial charge in [-0.2, -0.15) is 0 Å². The largest absolute Gasteiger partial charge is 0.304 e. The molecule has 0 aliphatic rings. The van der Waals surface area contributed by atoms with Crippen molar-refractivity contribution in [2.75, 3.05) is 0 Å². The second-order valence-electron chi connectivity index (χ2n) is 9.53. The third-order valence-corrected chi connectivity index (χ3v) is 6.15. The van der Waals surface area contributed by atoms with E-state index in [1.807, 2.05) is 84.9 Å². The van der Waals surface area contributed by atoms with E-state index in [-0.39, 0.29) is 25.9 Å². The summed E-state index contributed by atoms with van der Waals surface area (Å²) in [7, 11) is -10.7. The van der Waals surface area contributed by atoms with Crippen molar-refractivity contribution in [3.8, 4) is 22.6 Å². The van der Waals surface area contributed by atoms with Gasteiger partial charge in [-0.25, -0.2) is 14.4 Å². The number of hydrogen-bond acceptors (Lipinski definition) is 3. The standard InChI is InChI=1S/C18H12N2.C15H9FN.F6P.Ir/c1-3-7-15-13(5-1)9-11-17(19-15)18-12-10-14-6-2-4-8-16(14)20-18;16-13-6-3-5-12(10-13)15-14-7-2-1-4-11(14)8-9-17-15;1-7(2,3,4,5)6;/h1-12H;1-9H;;/q;2*-1;. The maximum absolute atomic E-state index is 13.2. The molecular weight excluding hydrogens is 795 g/mol. The summed E-state index contributed by atoms with van der Waals surface area (Å²) in [6.07, 6.45) is 1.73. The topological polar surface area (TPSA) is 38.7 Å². The molecule has 0 amide bonds. The first-order valence-electron chi connectivity index (χ1n) is 13.0. The summed E-state index contributed by atoms with van der Waals surface area (Å²) in [5.41, 5.74) is 5.27. The molecular formula is C33H21F7IrN3P-2. The number of fused-ring (bicyclic) bond motifs is 3. The van der Waals surface area contributed by atoms with Crippen LogP contribution in [0, 0.1) is 11.9 Å². The molecule has 0 aliphatic carbocycles. The van der Waals surface area contributed by atoms with Gasteiger partial charge in [0.15, 0.2) is 0 Å². The van der Waals surface area contributed by atoms with Gasteiger partial charge in [-0.05, 0) is 46.8 Å². The molecule has 4 aromatic carbocycles. The Kier molecular flexibility index (Phi) is 9.40. The zero-order valence-corrected chi connectivity index (χ0v) is 26.2. The Bertz CT molecular complexity index is 2010. The van der Waals surface area contributed by atoms with Crippen LogP contribution in [0.2, 0.25) is 0 Å². The van der Waals surface area contributed by atoms with Crippen LogP contribution in [-0.2, 0) is 20.1 Å². The predicted molar refractivity (Wildman–Crippen MR) is 162 cm³/mol. The van der Waals surface area contributed by atoms with Crippen molar-refractivity contribution in [3.63, 3.8) is 0 Å².